The van der Waals surface area contributed by atoms with Crippen LogP contribution in [-0.2, 0) is 26.7 Å². The van der Waals surface area contributed by atoms with Gasteiger partial charge in [-0.2, -0.15) is 0 Å². The quantitative estimate of drug-likeness (QED) is 0.721. The van der Waals surface area contributed by atoms with Gasteiger partial charge in [0, 0.05) is 24.4 Å². The number of carbonyl (C=O) groups excluding carboxylic acids is 2. The normalized spacial score (nSPS) is 16.5. The van der Waals surface area contributed by atoms with Gasteiger partial charge in [-0.15, -0.1) is 11.8 Å². The van der Waals surface area contributed by atoms with Crippen molar-refractivity contribution in [3.05, 3.63) is 54.0 Å². The average molecular weight is 388 g/mol. The fourth-order valence-corrected chi connectivity index (χ4v) is 3.62. The van der Waals surface area contributed by atoms with Crippen LogP contribution in [0.5, 0.6) is 0 Å². The lowest BCUT2D eigenvalue weighted by Gasteiger charge is -2.15. The molecule has 0 saturated carbocycles. The minimum atomic E-state index is -0.852. The molecule has 0 spiro atoms. The van der Waals surface area contributed by atoms with Crippen molar-refractivity contribution in [2.24, 2.45) is 5.92 Å². The number of furan rings is 1. The summed E-state index contributed by atoms with van der Waals surface area (Å²) in [5, 5.41) is 11.6. The molecule has 0 bridgehead atoms. The summed E-state index contributed by atoms with van der Waals surface area (Å²) in [6.45, 7) is 0.728. The van der Waals surface area contributed by atoms with Crippen molar-refractivity contribution in [3.8, 4) is 0 Å². The van der Waals surface area contributed by atoms with Crippen LogP contribution in [0.25, 0.3) is 0 Å². The predicted molar refractivity (Wildman–Crippen MR) is 101 cm³/mol. The summed E-state index contributed by atoms with van der Waals surface area (Å²) in [4.78, 5) is 36.9. The molecule has 7 nitrogen and oxygen atoms in total. The summed E-state index contributed by atoms with van der Waals surface area (Å²) in [6, 6.07) is 10.9. The summed E-state index contributed by atoms with van der Waals surface area (Å²) in [7, 11) is 0. The van der Waals surface area contributed by atoms with Crippen molar-refractivity contribution in [3.63, 3.8) is 0 Å². The Morgan fingerprint density at radius 2 is 2.15 bits per heavy atom. The van der Waals surface area contributed by atoms with E-state index in [0.717, 1.165) is 5.56 Å². The lowest BCUT2D eigenvalue weighted by molar-refractivity contribution is -0.134. The molecular weight excluding hydrogens is 368 g/mol. The first-order valence-corrected chi connectivity index (χ1v) is 9.66. The van der Waals surface area contributed by atoms with E-state index >= 15 is 0 Å². The van der Waals surface area contributed by atoms with E-state index in [-0.39, 0.29) is 24.0 Å². The first-order chi connectivity index (χ1) is 13.0. The zero-order valence-electron chi connectivity index (χ0n) is 14.6. The van der Waals surface area contributed by atoms with E-state index in [1.54, 1.807) is 29.4 Å². The van der Waals surface area contributed by atoms with Gasteiger partial charge in [-0.1, -0.05) is 12.1 Å². The summed E-state index contributed by atoms with van der Waals surface area (Å²) in [6.07, 6.45) is 1.74. The van der Waals surface area contributed by atoms with Gasteiger partial charge in [0.05, 0.1) is 24.5 Å². The third-order valence-corrected chi connectivity index (χ3v) is 5.19. The second kappa shape index (κ2) is 8.77. The summed E-state index contributed by atoms with van der Waals surface area (Å²) >= 11 is 1.30. The number of carboxylic acids is 1. The van der Waals surface area contributed by atoms with E-state index in [4.69, 9.17) is 9.52 Å². The molecule has 1 saturated heterocycles. The van der Waals surface area contributed by atoms with Crippen molar-refractivity contribution in [1.82, 2.24) is 4.90 Å². The number of nitrogens with zero attached hydrogens (tertiary/aromatic N) is 1. The molecule has 1 atom stereocenters. The first kappa shape index (κ1) is 19.0. The van der Waals surface area contributed by atoms with E-state index in [2.05, 4.69) is 5.32 Å². The van der Waals surface area contributed by atoms with Crippen LogP contribution in [0.3, 0.4) is 0 Å². The minimum absolute atomic E-state index is 0.0340. The maximum atomic E-state index is 12.5. The van der Waals surface area contributed by atoms with Gasteiger partial charge in [0.1, 0.15) is 5.76 Å². The highest BCUT2D eigenvalue weighted by Crippen LogP contribution is 2.23. The Kier molecular flexibility index (Phi) is 6.18. The monoisotopic (exact) mass is 388 g/mol. The van der Waals surface area contributed by atoms with Gasteiger partial charge in [0.2, 0.25) is 11.8 Å². The summed E-state index contributed by atoms with van der Waals surface area (Å²) in [5.41, 5.74) is 1.58. The number of carbonyl (C=O) groups is 3. The summed E-state index contributed by atoms with van der Waals surface area (Å²) in [5.74, 6) is -0.241. The number of hydrogen-bond donors (Lipinski definition) is 2. The maximum absolute atomic E-state index is 12.5. The number of rotatable bonds is 8. The van der Waals surface area contributed by atoms with Gasteiger partial charge in [-0.3, -0.25) is 14.4 Å². The lowest BCUT2D eigenvalue weighted by atomic mass is 10.1. The highest BCUT2D eigenvalue weighted by molar-refractivity contribution is 7.99. The standard InChI is InChI=1S/C19H20N2O5S/c22-17-8-14(9-21(17)10-16-5-2-6-26-16)19(25)20-15-4-1-3-13(7-15)11-27-12-18(23)24/h1-7,14H,8-12H2,(H,20,25)(H,23,24). The van der Waals surface area contributed by atoms with Crippen molar-refractivity contribution in [2.45, 2.75) is 18.7 Å². The lowest BCUT2D eigenvalue weighted by Crippen LogP contribution is -2.27. The Morgan fingerprint density at radius 3 is 2.89 bits per heavy atom. The van der Waals surface area contributed by atoms with E-state index in [0.29, 0.717) is 30.3 Å². The molecule has 1 aliphatic rings. The highest BCUT2D eigenvalue weighted by atomic mass is 32.2. The number of anilines is 1. The topological polar surface area (TPSA) is 99.8 Å². The number of likely N-dealkylation sites (tertiary alicyclic amines) is 1. The molecule has 0 radical (unpaired) electrons. The molecule has 2 heterocycles. The zero-order valence-corrected chi connectivity index (χ0v) is 15.4. The molecule has 1 aromatic heterocycles. The average Bonchev–Trinajstić information content (AvgIpc) is 3.26. The van der Waals surface area contributed by atoms with Gasteiger partial charge < -0.3 is 19.7 Å². The highest BCUT2D eigenvalue weighted by Gasteiger charge is 2.34. The fourth-order valence-electron chi connectivity index (χ4n) is 2.93. The first-order valence-electron chi connectivity index (χ1n) is 8.51. The largest absolute Gasteiger partial charge is 0.481 e. The van der Waals surface area contributed by atoms with E-state index in [1.165, 1.54) is 11.8 Å². The van der Waals surface area contributed by atoms with Crippen LogP contribution in [0, 0.1) is 5.92 Å². The smallest absolute Gasteiger partial charge is 0.313 e. The Bertz CT molecular complexity index is 821. The third kappa shape index (κ3) is 5.37. The van der Waals surface area contributed by atoms with Crippen LogP contribution in [-0.4, -0.2) is 40.1 Å². The van der Waals surface area contributed by atoms with E-state index in [9.17, 15) is 14.4 Å². The van der Waals surface area contributed by atoms with Gasteiger partial charge in [0.15, 0.2) is 0 Å². The molecule has 1 unspecified atom stereocenters. The molecule has 8 heteroatoms. The Labute approximate surface area is 160 Å². The van der Waals surface area contributed by atoms with Gasteiger partial charge in [0.25, 0.3) is 0 Å². The molecule has 1 aromatic carbocycles. The molecule has 2 N–H and O–H groups in total. The van der Waals surface area contributed by atoms with E-state index < -0.39 is 11.9 Å². The van der Waals surface area contributed by atoms with Crippen LogP contribution in [0.2, 0.25) is 0 Å². The molecule has 2 amide bonds. The molecule has 142 valence electrons. The van der Waals surface area contributed by atoms with E-state index in [1.807, 2.05) is 18.2 Å². The molecule has 1 fully saturated rings. The molecular formula is C19H20N2O5S. The Balaban J connectivity index is 1.54. The number of nitrogens with one attached hydrogen (secondary N) is 1. The predicted octanol–water partition coefficient (Wildman–Crippen LogP) is 2.58. The van der Waals surface area contributed by atoms with Gasteiger partial charge in [-0.25, -0.2) is 0 Å². The number of benzene rings is 1. The number of thioether (sulfide) groups is 1. The molecule has 1 aliphatic heterocycles. The third-order valence-electron chi connectivity index (χ3n) is 4.20. The SMILES string of the molecule is O=C(O)CSCc1cccc(NC(=O)C2CC(=O)N(Cc3ccco3)C2)c1. The van der Waals surface area contributed by atoms with Crippen molar-refractivity contribution in [2.75, 3.05) is 17.6 Å². The number of carboxylic acid groups (broad SMARTS) is 1. The van der Waals surface area contributed by atoms with Crippen LogP contribution in [0.15, 0.2) is 47.1 Å². The van der Waals surface area contributed by atoms with Crippen LogP contribution >= 0.6 is 11.8 Å². The van der Waals surface area contributed by atoms with Crippen LogP contribution in [0.4, 0.5) is 5.69 Å². The number of amides is 2. The second-order valence-corrected chi connectivity index (χ2v) is 7.32. The molecule has 3 rings (SSSR count). The number of hydrogen-bond acceptors (Lipinski definition) is 5. The van der Waals surface area contributed by atoms with Gasteiger partial charge in [-0.05, 0) is 29.8 Å². The van der Waals surface area contributed by atoms with Crippen molar-refractivity contribution in [1.29, 1.82) is 0 Å². The molecule has 0 aliphatic carbocycles. The fraction of sp³-hybridized carbons (Fsp3) is 0.316. The zero-order chi connectivity index (χ0) is 19.2. The maximum Gasteiger partial charge on any atom is 0.313 e. The van der Waals surface area contributed by atoms with Gasteiger partial charge >= 0.3 is 5.97 Å². The summed E-state index contributed by atoms with van der Waals surface area (Å²) < 4.78 is 5.26. The number of aliphatic carboxylic acids is 1. The Hall–Kier alpha value is -2.74. The molecule has 2 aromatic rings. The van der Waals surface area contributed by atoms with Crippen LogP contribution in [0.1, 0.15) is 17.7 Å². The molecule has 27 heavy (non-hydrogen) atoms. The minimum Gasteiger partial charge on any atom is -0.481 e. The van der Waals surface area contributed by atoms with Crippen LogP contribution < -0.4 is 5.32 Å². The Morgan fingerprint density at radius 1 is 1.30 bits per heavy atom. The second-order valence-electron chi connectivity index (χ2n) is 6.33. The van der Waals surface area contributed by atoms with Crippen molar-refractivity contribution < 1.29 is 23.9 Å². The van der Waals surface area contributed by atoms with Crippen molar-refractivity contribution >= 4 is 35.2 Å².